The van der Waals surface area contributed by atoms with E-state index in [4.69, 9.17) is 4.74 Å². The van der Waals surface area contributed by atoms with Crippen LogP contribution < -0.4 is 5.32 Å². The van der Waals surface area contributed by atoms with E-state index in [1.807, 2.05) is 0 Å². The van der Waals surface area contributed by atoms with Crippen LogP contribution >= 0.6 is 0 Å². The molecule has 0 spiro atoms. The largest absolute Gasteiger partial charge is 0.369 e. The molecular formula is C12H25NO. The topological polar surface area (TPSA) is 21.3 Å². The fraction of sp³-hybridized carbons (Fsp3) is 1.00. The quantitative estimate of drug-likeness (QED) is 0.754. The summed E-state index contributed by atoms with van der Waals surface area (Å²) in [4.78, 5) is 0. The highest BCUT2D eigenvalue weighted by atomic mass is 16.5. The minimum atomic E-state index is 0.0430. The van der Waals surface area contributed by atoms with Crippen molar-refractivity contribution in [2.24, 2.45) is 5.92 Å². The van der Waals surface area contributed by atoms with E-state index < -0.39 is 0 Å². The summed E-state index contributed by atoms with van der Waals surface area (Å²) in [6, 6.07) is 0.500. The van der Waals surface area contributed by atoms with Gasteiger partial charge in [0.05, 0.1) is 11.7 Å². The van der Waals surface area contributed by atoms with Gasteiger partial charge < -0.3 is 10.1 Å². The smallest absolute Gasteiger partial charge is 0.0785 e. The number of morpholine rings is 1. The average Bonchev–Trinajstić information content (AvgIpc) is 2.08. The molecule has 0 aromatic rings. The fourth-order valence-corrected chi connectivity index (χ4v) is 2.44. The summed E-state index contributed by atoms with van der Waals surface area (Å²) in [6.07, 6.45) is 2.62. The van der Waals surface area contributed by atoms with E-state index in [2.05, 4.69) is 39.9 Å². The molecule has 84 valence electrons. The lowest BCUT2D eigenvalue weighted by Crippen LogP contribution is -2.57. The van der Waals surface area contributed by atoms with Crippen molar-refractivity contribution in [1.82, 2.24) is 5.32 Å². The molecule has 0 aromatic carbocycles. The first-order valence-corrected chi connectivity index (χ1v) is 5.88. The van der Waals surface area contributed by atoms with Gasteiger partial charge in [-0.2, -0.15) is 0 Å². The highest BCUT2D eigenvalue weighted by Gasteiger charge is 2.35. The highest BCUT2D eigenvalue weighted by Crippen LogP contribution is 2.27. The average molecular weight is 199 g/mol. The summed E-state index contributed by atoms with van der Waals surface area (Å²) in [5, 5.41) is 3.55. The summed E-state index contributed by atoms with van der Waals surface area (Å²) in [6.45, 7) is 12.1. The van der Waals surface area contributed by atoms with Crippen LogP contribution in [0.25, 0.3) is 0 Å². The second-order valence-corrected chi connectivity index (χ2v) is 5.28. The zero-order valence-electron chi connectivity index (χ0n) is 10.3. The van der Waals surface area contributed by atoms with Gasteiger partial charge in [0, 0.05) is 12.6 Å². The minimum absolute atomic E-state index is 0.0430. The first kappa shape index (κ1) is 12.0. The Morgan fingerprint density at radius 1 is 1.50 bits per heavy atom. The van der Waals surface area contributed by atoms with Crippen LogP contribution in [0.2, 0.25) is 0 Å². The Bertz CT molecular complexity index is 181. The van der Waals surface area contributed by atoms with E-state index in [9.17, 15) is 0 Å². The third-order valence-corrected chi connectivity index (χ3v) is 3.03. The van der Waals surface area contributed by atoms with Crippen molar-refractivity contribution in [2.75, 3.05) is 6.54 Å². The summed E-state index contributed by atoms with van der Waals surface area (Å²) >= 11 is 0. The van der Waals surface area contributed by atoms with Gasteiger partial charge in [-0.3, -0.25) is 0 Å². The molecule has 2 nitrogen and oxygen atoms in total. The lowest BCUT2D eigenvalue weighted by Gasteiger charge is -2.43. The van der Waals surface area contributed by atoms with Crippen LogP contribution in [-0.2, 0) is 4.74 Å². The predicted octanol–water partition coefficient (Wildman–Crippen LogP) is 2.58. The third-order valence-electron chi connectivity index (χ3n) is 3.03. The van der Waals surface area contributed by atoms with Crippen molar-refractivity contribution in [2.45, 2.75) is 65.2 Å². The molecule has 2 heteroatoms. The summed E-state index contributed by atoms with van der Waals surface area (Å²) in [5.41, 5.74) is 0.0430. The molecule has 1 rings (SSSR count). The van der Waals surface area contributed by atoms with Crippen molar-refractivity contribution in [3.05, 3.63) is 0 Å². The van der Waals surface area contributed by atoms with Crippen molar-refractivity contribution >= 4 is 0 Å². The lowest BCUT2D eigenvalue weighted by molar-refractivity contribution is -0.131. The van der Waals surface area contributed by atoms with E-state index in [0.29, 0.717) is 18.1 Å². The Morgan fingerprint density at radius 3 is 2.64 bits per heavy atom. The van der Waals surface area contributed by atoms with Crippen LogP contribution in [0.1, 0.15) is 47.5 Å². The summed E-state index contributed by atoms with van der Waals surface area (Å²) in [5.74, 6) is 0.702. The lowest BCUT2D eigenvalue weighted by atomic mass is 9.91. The first-order valence-electron chi connectivity index (χ1n) is 5.88. The molecule has 0 aromatic heterocycles. The molecule has 1 heterocycles. The van der Waals surface area contributed by atoms with E-state index in [1.165, 1.54) is 0 Å². The van der Waals surface area contributed by atoms with Gasteiger partial charge in [-0.05, 0) is 32.6 Å². The molecule has 14 heavy (non-hydrogen) atoms. The van der Waals surface area contributed by atoms with E-state index in [0.717, 1.165) is 19.4 Å². The molecule has 1 fully saturated rings. The van der Waals surface area contributed by atoms with E-state index >= 15 is 0 Å². The Morgan fingerprint density at radius 2 is 2.14 bits per heavy atom. The predicted molar refractivity (Wildman–Crippen MR) is 60.5 cm³/mol. The normalized spacial score (nSPS) is 39.0. The summed E-state index contributed by atoms with van der Waals surface area (Å²) < 4.78 is 6.18. The Labute approximate surface area is 88.4 Å². The number of nitrogens with one attached hydrogen (secondary N) is 1. The second-order valence-electron chi connectivity index (χ2n) is 5.28. The van der Waals surface area contributed by atoms with Gasteiger partial charge in [-0.1, -0.05) is 20.8 Å². The van der Waals surface area contributed by atoms with Gasteiger partial charge in [0.15, 0.2) is 0 Å². The molecule has 0 amide bonds. The van der Waals surface area contributed by atoms with Crippen molar-refractivity contribution < 1.29 is 4.74 Å². The molecule has 0 saturated carbocycles. The maximum atomic E-state index is 6.18. The fourth-order valence-electron chi connectivity index (χ4n) is 2.44. The number of ether oxygens (including phenoxy) is 1. The Hall–Kier alpha value is -0.0800. The number of rotatable bonds is 3. The molecule has 3 unspecified atom stereocenters. The monoisotopic (exact) mass is 199 g/mol. The van der Waals surface area contributed by atoms with Crippen molar-refractivity contribution in [3.63, 3.8) is 0 Å². The molecule has 1 N–H and O–H groups in total. The molecule has 1 aliphatic heterocycles. The molecule has 1 saturated heterocycles. The van der Waals surface area contributed by atoms with Crippen LogP contribution in [0.3, 0.4) is 0 Å². The van der Waals surface area contributed by atoms with Gasteiger partial charge in [0.25, 0.3) is 0 Å². The Balaban J connectivity index is 2.55. The van der Waals surface area contributed by atoms with Gasteiger partial charge in [0.1, 0.15) is 0 Å². The highest BCUT2D eigenvalue weighted by molar-refractivity contribution is 4.89. The molecule has 0 aliphatic carbocycles. The van der Waals surface area contributed by atoms with E-state index in [1.54, 1.807) is 0 Å². The van der Waals surface area contributed by atoms with Crippen LogP contribution in [0, 0.1) is 5.92 Å². The Kier molecular flexibility index (Phi) is 3.96. The van der Waals surface area contributed by atoms with Gasteiger partial charge in [0.2, 0.25) is 0 Å². The summed E-state index contributed by atoms with van der Waals surface area (Å²) in [7, 11) is 0. The maximum absolute atomic E-state index is 6.18. The molecular weight excluding hydrogens is 174 g/mol. The van der Waals surface area contributed by atoms with Crippen LogP contribution in [-0.4, -0.2) is 24.3 Å². The van der Waals surface area contributed by atoms with Gasteiger partial charge in [-0.15, -0.1) is 0 Å². The SMILES string of the molecule is CCC1OC(C)(CC(C)C)CNC1C. The van der Waals surface area contributed by atoms with Crippen molar-refractivity contribution in [3.8, 4) is 0 Å². The number of hydrogen-bond donors (Lipinski definition) is 1. The van der Waals surface area contributed by atoms with E-state index in [-0.39, 0.29) is 5.60 Å². The zero-order valence-corrected chi connectivity index (χ0v) is 10.3. The van der Waals surface area contributed by atoms with Gasteiger partial charge >= 0.3 is 0 Å². The molecule has 0 radical (unpaired) electrons. The molecule has 1 aliphatic rings. The minimum Gasteiger partial charge on any atom is -0.369 e. The zero-order chi connectivity index (χ0) is 10.8. The number of hydrogen-bond acceptors (Lipinski definition) is 2. The second kappa shape index (κ2) is 4.63. The molecule has 0 bridgehead atoms. The van der Waals surface area contributed by atoms with Crippen molar-refractivity contribution in [1.29, 1.82) is 0 Å². The van der Waals surface area contributed by atoms with Crippen LogP contribution in [0.15, 0.2) is 0 Å². The third kappa shape index (κ3) is 2.96. The molecule has 3 atom stereocenters. The van der Waals surface area contributed by atoms with Crippen LogP contribution in [0.5, 0.6) is 0 Å². The van der Waals surface area contributed by atoms with Crippen LogP contribution in [0.4, 0.5) is 0 Å². The standard InChI is InChI=1S/C12H25NO/c1-6-11-10(4)13-8-12(5,14-11)7-9(2)3/h9-11,13H,6-8H2,1-5H3. The van der Waals surface area contributed by atoms with Gasteiger partial charge in [-0.25, -0.2) is 0 Å². The maximum Gasteiger partial charge on any atom is 0.0785 e. The first-order chi connectivity index (χ1) is 6.47.